The second-order valence-corrected chi connectivity index (χ2v) is 11.5. The summed E-state index contributed by atoms with van der Waals surface area (Å²) in [6.45, 7) is 0.872. The number of nitrogens with zero attached hydrogens (tertiary/aromatic N) is 3. The fraction of sp³-hybridized carbons (Fsp3) is 0.517. The molecule has 0 radical (unpaired) electrons. The summed E-state index contributed by atoms with van der Waals surface area (Å²) in [5.74, 6) is 1.05. The van der Waals surface area contributed by atoms with Crippen molar-refractivity contribution in [2.45, 2.75) is 57.1 Å². The molecule has 2 N–H and O–H groups in total. The van der Waals surface area contributed by atoms with Crippen molar-refractivity contribution in [3.63, 3.8) is 0 Å². The Morgan fingerprint density at radius 2 is 1.77 bits per heavy atom. The van der Waals surface area contributed by atoms with Crippen LogP contribution in [-0.2, 0) is 20.7 Å². The molecule has 1 aliphatic carbocycles. The highest BCUT2D eigenvalue weighted by Crippen LogP contribution is 2.40. The van der Waals surface area contributed by atoms with E-state index in [9.17, 15) is 14.4 Å². The number of primary amides is 1. The summed E-state index contributed by atoms with van der Waals surface area (Å²) < 4.78 is 16.2. The van der Waals surface area contributed by atoms with Crippen LogP contribution in [0.5, 0.6) is 11.5 Å². The third kappa shape index (κ3) is 5.79. The summed E-state index contributed by atoms with van der Waals surface area (Å²) in [7, 11) is 3.22. The average molecular weight is 569 g/mol. The van der Waals surface area contributed by atoms with Gasteiger partial charge in [0.05, 0.1) is 26.0 Å². The van der Waals surface area contributed by atoms with Gasteiger partial charge in [-0.1, -0.05) is 18.9 Å². The summed E-state index contributed by atoms with van der Waals surface area (Å²) >= 11 is 1.50. The van der Waals surface area contributed by atoms with Crippen LogP contribution in [0.15, 0.2) is 40.8 Å². The van der Waals surface area contributed by atoms with Crippen LogP contribution in [-0.4, -0.2) is 73.0 Å². The summed E-state index contributed by atoms with van der Waals surface area (Å²) in [5, 5.41) is 8.58. The van der Waals surface area contributed by atoms with Gasteiger partial charge >= 0.3 is 6.09 Å². The lowest BCUT2D eigenvalue weighted by Crippen LogP contribution is -2.54. The Morgan fingerprint density at radius 1 is 1.05 bits per heavy atom. The van der Waals surface area contributed by atoms with Gasteiger partial charge in [-0.05, 0) is 55.3 Å². The topological polar surface area (TPSA) is 124 Å². The van der Waals surface area contributed by atoms with Gasteiger partial charge in [0.15, 0.2) is 17.6 Å². The Kier molecular flexibility index (Phi) is 8.58. The first kappa shape index (κ1) is 27.9. The van der Waals surface area contributed by atoms with Gasteiger partial charge in [0.2, 0.25) is 5.91 Å². The highest BCUT2D eigenvalue weighted by Gasteiger charge is 2.44. The number of ether oxygens (including phenoxy) is 3. The lowest BCUT2D eigenvalue weighted by atomic mass is 9.73. The predicted octanol–water partition coefficient (Wildman–Crippen LogP) is 3.82. The smallest absolute Gasteiger partial charge is 0.405 e. The molecule has 0 spiro atoms. The van der Waals surface area contributed by atoms with Crippen molar-refractivity contribution < 1.29 is 28.6 Å². The number of hydrogen-bond acceptors (Lipinski definition) is 8. The van der Waals surface area contributed by atoms with E-state index < -0.39 is 12.2 Å². The third-order valence-electron chi connectivity index (χ3n) is 8.18. The number of rotatable bonds is 8. The minimum atomic E-state index is -0.970. The number of likely N-dealkylation sites (tertiary alicyclic amines) is 1. The van der Waals surface area contributed by atoms with Crippen LogP contribution in [0.1, 0.15) is 49.0 Å². The molecular formula is C29H36N4O6S. The van der Waals surface area contributed by atoms with Crippen LogP contribution >= 0.6 is 11.3 Å². The summed E-state index contributed by atoms with van der Waals surface area (Å²) in [6, 6.07) is 9.46. The molecule has 40 heavy (non-hydrogen) atoms. The molecule has 5 rings (SSSR count). The molecule has 0 unspecified atom stereocenters. The van der Waals surface area contributed by atoms with Crippen molar-refractivity contribution >= 4 is 35.0 Å². The maximum Gasteiger partial charge on any atom is 0.405 e. The van der Waals surface area contributed by atoms with Gasteiger partial charge in [-0.15, -0.1) is 11.3 Å². The molecule has 214 valence electrons. The molecule has 1 aromatic carbocycles. The number of hydrazone groups is 1. The van der Waals surface area contributed by atoms with Gasteiger partial charge in [-0.25, -0.2) is 9.80 Å². The maximum atomic E-state index is 13.7. The highest BCUT2D eigenvalue weighted by atomic mass is 32.1. The van der Waals surface area contributed by atoms with E-state index in [1.54, 1.807) is 24.1 Å². The first-order valence-electron chi connectivity index (χ1n) is 13.8. The Morgan fingerprint density at radius 3 is 2.42 bits per heavy atom. The van der Waals surface area contributed by atoms with Crippen molar-refractivity contribution in [3.8, 4) is 11.5 Å². The third-order valence-corrected chi connectivity index (χ3v) is 9.08. The van der Waals surface area contributed by atoms with E-state index in [-0.39, 0.29) is 36.1 Å². The zero-order valence-electron chi connectivity index (χ0n) is 22.9. The fourth-order valence-corrected chi connectivity index (χ4v) is 6.89. The van der Waals surface area contributed by atoms with Gasteiger partial charge in [0.25, 0.3) is 5.91 Å². The molecule has 2 aromatic rings. The van der Waals surface area contributed by atoms with Crippen LogP contribution < -0.4 is 15.2 Å². The number of piperidine rings is 1. The number of fused-ring (bicyclic) bond motifs is 1. The number of nitrogens with two attached hydrogens (primary N) is 1. The van der Waals surface area contributed by atoms with Gasteiger partial charge in [-0.3, -0.25) is 9.59 Å². The lowest BCUT2D eigenvalue weighted by Gasteiger charge is -2.43. The molecule has 3 atom stereocenters. The molecule has 2 aliphatic heterocycles. The fourth-order valence-electron chi connectivity index (χ4n) is 6.16. The first-order chi connectivity index (χ1) is 19.4. The van der Waals surface area contributed by atoms with Crippen LogP contribution in [0, 0.1) is 11.8 Å². The molecular weight excluding hydrogens is 532 g/mol. The Balaban J connectivity index is 1.34. The van der Waals surface area contributed by atoms with Gasteiger partial charge in [0.1, 0.15) is 0 Å². The van der Waals surface area contributed by atoms with Crippen molar-refractivity contribution in [1.29, 1.82) is 0 Å². The number of amides is 3. The second-order valence-electron chi connectivity index (χ2n) is 10.5. The molecule has 3 heterocycles. The number of benzene rings is 1. The Labute approximate surface area is 238 Å². The first-order valence-corrected chi connectivity index (χ1v) is 14.7. The quantitative estimate of drug-likeness (QED) is 0.517. The van der Waals surface area contributed by atoms with Crippen LogP contribution in [0.25, 0.3) is 0 Å². The van der Waals surface area contributed by atoms with Gasteiger partial charge in [0, 0.05) is 41.8 Å². The maximum absolute atomic E-state index is 13.7. The zero-order valence-corrected chi connectivity index (χ0v) is 23.7. The van der Waals surface area contributed by atoms with E-state index in [0.29, 0.717) is 37.4 Å². The molecule has 1 saturated carbocycles. The highest BCUT2D eigenvalue weighted by molar-refractivity contribution is 7.09. The number of carbonyl (C=O) groups is 3. The van der Waals surface area contributed by atoms with E-state index >= 15 is 0 Å². The van der Waals surface area contributed by atoms with Crippen molar-refractivity contribution in [2.24, 2.45) is 22.7 Å². The SMILES string of the molecule is COc1ccc(C2=NN(C3CCN(C(=O)[C@H](Cc4cccs4)OC(N)=O)CC3)C(=O)[C@@H]3CCCC[C@H]23)cc1OC. The molecule has 3 aliphatic rings. The standard InChI is InChI=1S/C29H36N4O6S/c1-37-23-10-9-18(16-24(23)38-2)26-21-7-3-4-8-22(21)27(34)33(31-26)19-11-13-32(14-12-19)28(35)25(39-29(30)36)17-20-6-5-15-40-20/h5-6,9-10,15-16,19,21-22,25H,3-4,7-8,11-14,17H2,1-2H3,(H2,30,36)/t21-,22+,25-/m0/s1. The van der Waals surface area contributed by atoms with E-state index in [4.69, 9.17) is 25.0 Å². The van der Waals surface area contributed by atoms with Crippen LogP contribution in [0.4, 0.5) is 4.79 Å². The summed E-state index contributed by atoms with van der Waals surface area (Å²) in [4.78, 5) is 41.2. The van der Waals surface area contributed by atoms with Crippen LogP contribution in [0.2, 0.25) is 0 Å². The van der Waals surface area contributed by atoms with Crippen LogP contribution in [0.3, 0.4) is 0 Å². The van der Waals surface area contributed by atoms with E-state index in [1.807, 2.05) is 35.7 Å². The molecule has 1 aromatic heterocycles. The van der Waals surface area contributed by atoms with Crippen molar-refractivity contribution in [3.05, 3.63) is 46.2 Å². The Hall–Kier alpha value is -3.60. The largest absolute Gasteiger partial charge is 0.493 e. The van der Waals surface area contributed by atoms with E-state index in [0.717, 1.165) is 41.8 Å². The summed E-state index contributed by atoms with van der Waals surface area (Å²) in [5.41, 5.74) is 7.11. The predicted molar refractivity (Wildman–Crippen MR) is 150 cm³/mol. The monoisotopic (exact) mass is 568 g/mol. The Bertz CT molecular complexity index is 1260. The zero-order chi connectivity index (χ0) is 28.2. The molecule has 0 bridgehead atoms. The van der Waals surface area contributed by atoms with Crippen molar-refractivity contribution in [1.82, 2.24) is 9.91 Å². The number of carbonyl (C=O) groups excluding carboxylic acids is 3. The number of hydrogen-bond donors (Lipinski definition) is 1. The second kappa shape index (κ2) is 12.3. The number of methoxy groups -OCH3 is 2. The minimum Gasteiger partial charge on any atom is -0.493 e. The number of thiophene rings is 1. The normalized spacial score (nSPS) is 22.2. The molecule has 11 heteroatoms. The average Bonchev–Trinajstić information content (AvgIpc) is 3.49. The minimum absolute atomic E-state index is 0.0706. The van der Waals surface area contributed by atoms with Gasteiger partial charge < -0.3 is 24.8 Å². The van der Waals surface area contributed by atoms with Gasteiger partial charge in [-0.2, -0.15) is 5.10 Å². The summed E-state index contributed by atoms with van der Waals surface area (Å²) in [6.07, 6.45) is 3.38. The molecule has 1 saturated heterocycles. The van der Waals surface area contributed by atoms with E-state index in [1.165, 1.54) is 11.3 Å². The van der Waals surface area contributed by atoms with E-state index in [2.05, 4.69) is 0 Å². The molecule has 2 fully saturated rings. The van der Waals surface area contributed by atoms with Crippen molar-refractivity contribution in [2.75, 3.05) is 27.3 Å². The molecule has 10 nitrogen and oxygen atoms in total. The lowest BCUT2D eigenvalue weighted by molar-refractivity contribution is -0.145. The molecule has 3 amide bonds.